The molecule has 0 amide bonds. The maximum Gasteiger partial charge on any atom is 0.269 e. The smallest absolute Gasteiger partial charge is 0.269 e. The predicted molar refractivity (Wildman–Crippen MR) is 101 cm³/mol. The standard InChI is InChI=1S/C18H29N5O2/c1-5-19-18(21-17-12-22(13(2)3)11-14(17)4)20-10-15-6-8-16(9-7-15)23(24)25/h6-9,13-14,17H,5,10-12H2,1-4H3,(H2,19,20,21). The van der Waals surface area contributed by atoms with Crippen LogP contribution in [-0.4, -0.2) is 47.5 Å². The highest BCUT2D eigenvalue weighted by molar-refractivity contribution is 5.80. The third kappa shape index (κ3) is 5.42. The molecule has 0 radical (unpaired) electrons. The third-order valence-electron chi connectivity index (χ3n) is 4.60. The lowest BCUT2D eigenvalue weighted by molar-refractivity contribution is -0.384. The number of hydrogen-bond donors (Lipinski definition) is 2. The molecule has 1 aromatic rings. The van der Waals surface area contributed by atoms with Crippen molar-refractivity contribution in [2.24, 2.45) is 10.9 Å². The fraction of sp³-hybridized carbons (Fsp3) is 0.611. The number of non-ortho nitro benzene ring substituents is 1. The zero-order chi connectivity index (χ0) is 18.4. The fourth-order valence-electron chi connectivity index (χ4n) is 3.00. The van der Waals surface area contributed by atoms with Crippen LogP contribution in [0.3, 0.4) is 0 Å². The van der Waals surface area contributed by atoms with Crippen molar-refractivity contribution in [1.29, 1.82) is 0 Å². The lowest BCUT2D eigenvalue weighted by Gasteiger charge is -2.22. The van der Waals surface area contributed by atoms with E-state index in [1.165, 1.54) is 12.1 Å². The molecule has 2 atom stereocenters. The summed E-state index contributed by atoms with van der Waals surface area (Å²) in [6.45, 7) is 12.1. The molecule has 2 N–H and O–H groups in total. The summed E-state index contributed by atoms with van der Waals surface area (Å²) in [4.78, 5) is 17.4. The first-order chi connectivity index (χ1) is 11.9. The molecule has 1 aliphatic heterocycles. The van der Waals surface area contributed by atoms with Gasteiger partial charge in [-0.25, -0.2) is 4.99 Å². The summed E-state index contributed by atoms with van der Waals surface area (Å²) in [7, 11) is 0. The average Bonchev–Trinajstić information content (AvgIpc) is 2.94. The van der Waals surface area contributed by atoms with Crippen molar-refractivity contribution in [3.05, 3.63) is 39.9 Å². The van der Waals surface area contributed by atoms with Crippen LogP contribution in [0.1, 0.15) is 33.3 Å². The fourth-order valence-corrected chi connectivity index (χ4v) is 3.00. The van der Waals surface area contributed by atoms with Crippen LogP contribution in [0.15, 0.2) is 29.3 Å². The Morgan fingerprint density at radius 1 is 1.36 bits per heavy atom. The molecule has 138 valence electrons. The summed E-state index contributed by atoms with van der Waals surface area (Å²) in [6, 6.07) is 7.47. The predicted octanol–water partition coefficient (Wildman–Crippen LogP) is 2.38. The zero-order valence-corrected chi connectivity index (χ0v) is 15.5. The summed E-state index contributed by atoms with van der Waals surface area (Å²) < 4.78 is 0. The number of likely N-dealkylation sites (tertiary alicyclic amines) is 1. The number of guanidine groups is 1. The van der Waals surface area contributed by atoms with Gasteiger partial charge in [-0.3, -0.25) is 15.0 Å². The second-order valence-corrected chi connectivity index (χ2v) is 6.89. The Morgan fingerprint density at radius 2 is 2.04 bits per heavy atom. The minimum absolute atomic E-state index is 0.103. The molecule has 1 fully saturated rings. The van der Waals surface area contributed by atoms with Crippen molar-refractivity contribution in [2.75, 3.05) is 19.6 Å². The number of hydrogen-bond acceptors (Lipinski definition) is 4. The Labute approximate surface area is 149 Å². The van der Waals surface area contributed by atoms with Gasteiger partial charge in [-0.05, 0) is 32.3 Å². The summed E-state index contributed by atoms with van der Waals surface area (Å²) in [5.74, 6) is 1.36. The maximum absolute atomic E-state index is 10.7. The number of nitrogens with one attached hydrogen (secondary N) is 2. The molecular weight excluding hydrogens is 318 g/mol. The van der Waals surface area contributed by atoms with Crippen LogP contribution in [0.25, 0.3) is 0 Å². The van der Waals surface area contributed by atoms with Crippen molar-refractivity contribution in [1.82, 2.24) is 15.5 Å². The molecule has 0 saturated carbocycles. The molecule has 1 aliphatic rings. The Hall–Kier alpha value is -2.15. The van der Waals surface area contributed by atoms with Crippen LogP contribution >= 0.6 is 0 Å². The highest BCUT2D eigenvalue weighted by Crippen LogP contribution is 2.18. The lowest BCUT2D eigenvalue weighted by Crippen LogP contribution is -2.46. The Bertz CT molecular complexity index is 600. The number of nitro benzene ring substituents is 1. The lowest BCUT2D eigenvalue weighted by atomic mass is 10.1. The number of nitro groups is 1. The Balaban J connectivity index is 1.99. The van der Waals surface area contributed by atoms with Crippen LogP contribution in [0.5, 0.6) is 0 Å². The first kappa shape index (κ1) is 19.2. The van der Waals surface area contributed by atoms with Crippen molar-refractivity contribution in [3.63, 3.8) is 0 Å². The third-order valence-corrected chi connectivity index (χ3v) is 4.60. The van der Waals surface area contributed by atoms with Crippen LogP contribution in [0.4, 0.5) is 5.69 Å². The average molecular weight is 347 g/mol. The zero-order valence-electron chi connectivity index (χ0n) is 15.5. The monoisotopic (exact) mass is 347 g/mol. The van der Waals surface area contributed by atoms with E-state index in [2.05, 4.69) is 41.3 Å². The van der Waals surface area contributed by atoms with Gasteiger partial charge in [-0.1, -0.05) is 19.1 Å². The Kier molecular flexibility index (Phi) is 6.75. The van der Waals surface area contributed by atoms with Gasteiger partial charge in [0, 0.05) is 43.9 Å². The molecule has 7 nitrogen and oxygen atoms in total. The summed E-state index contributed by atoms with van der Waals surface area (Å²) >= 11 is 0. The van der Waals surface area contributed by atoms with E-state index in [1.54, 1.807) is 12.1 Å². The van der Waals surface area contributed by atoms with E-state index in [0.717, 1.165) is 31.2 Å². The van der Waals surface area contributed by atoms with E-state index in [1.807, 2.05) is 6.92 Å². The SMILES string of the molecule is CCNC(=NCc1ccc([N+](=O)[O-])cc1)NC1CN(C(C)C)CC1C. The highest BCUT2D eigenvalue weighted by atomic mass is 16.6. The number of rotatable bonds is 6. The number of nitrogens with zero attached hydrogens (tertiary/aromatic N) is 3. The van der Waals surface area contributed by atoms with Gasteiger partial charge >= 0.3 is 0 Å². The van der Waals surface area contributed by atoms with Crippen LogP contribution in [0.2, 0.25) is 0 Å². The maximum atomic E-state index is 10.7. The molecule has 0 aromatic heterocycles. The normalized spacial score (nSPS) is 21.6. The van der Waals surface area contributed by atoms with E-state index >= 15 is 0 Å². The minimum Gasteiger partial charge on any atom is -0.357 e. The number of benzene rings is 1. The molecule has 2 rings (SSSR count). The van der Waals surface area contributed by atoms with Crippen LogP contribution < -0.4 is 10.6 Å². The molecule has 7 heteroatoms. The van der Waals surface area contributed by atoms with E-state index in [9.17, 15) is 10.1 Å². The van der Waals surface area contributed by atoms with Gasteiger partial charge in [0.15, 0.2) is 5.96 Å². The second kappa shape index (κ2) is 8.80. The van der Waals surface area contributed by atoms with Crippen molar-refractivity contribution in [2.45, 2.75) is 46.3 Å². The summed E-state index contributed by atoms with van der Waals surface area (Å²) in [5, 5.41) is 17.5. The molecule has 25 heavy (non-hydrogen) atoms. The van der Waals surface area contributed by atoms with Gasteiger partial charge in [-0.2, -0.15) is 0 Å². The topological polar surface area (TPSA) is 82.8 Å². The van der Waals surface area contributed by atoms with E-state index in [-0.39, 0.29) is 10.6 Å². The van der Waals surface area contributed by atoms with Gasteiger partial charge in [-0.15, -0.1) is 0 Å². The minimum atomic E-state index is -0.388. The van der Waals surface area contributed by atoms with Gasteiger partial charge in [0.1, 0.15) is 0 Å². The molecular formula is C18H29N5O2. The first-order valence-electron chi connectivity index (χ1n) is 8.93. The molecule has 1 aromatic carbocycles. The largest absolute Gasteiger partial charge is 0.357 e. The van der Waals surface area contributed by atoms with E-state index in [0.29, 0.717) is 24.5 Å². The second-order valence-electron chi connectivity index (χ2n) is 6.89. The van der Waals surface area contributed by atoms with Crippen LogP contribution in [0, 0.1) is 16.0 Å². The highest BCUT2D eigenvalue weighted by Gasteiger charge is 2.31. The molecule has 1 heterocycles. The van der Waals surface area contributed by atoms with Gasteiger partial charge in [0.2, 0.25) is 0 Å². The quantitative estimate of drug-likeness (QED) is 0.357. The van der Waals surface area contributed by atoms with Crippen LogP contribution in [-0.2, 0) is 6.54 Å². The van der Waals surface area contributed by atoms with Crippen molar-refractivity contribution in [3.8, 4) is 0 Å². The first-order valence-corrected chi connectivity index (χ1v) is 8.93. The molecule has 0 bridgehead atoms. The molecule has 0 spiro atoms. The van der Waals surface area contributed by atoms with Gasteiger partial charge in [0.25, 0.3) is 5.69 Å². The van der Waals surface area contributed by atoms with Gasteiger partial charge < -0.3 is 10.6 Å². The van der Waals surface area contributed by atoms with E-state index < -0.39 is 0 Å². The number of aliphatic imine (C=N–C) groups is 1. The van der Waals surface area contributed by atoms with Gasteiger partial charge in [0.05, 0.1) is 11.5 Å². The van der Waals surface area contributed by atoms with Crippen molar-refractivity contribution < 1.29 is 4.92 Å². The van der Waals surface area contributed by atoms with E-state index in [4.69, 9.17) is 0 Å². The molecule has 0 aliphatic carbocycles. The molecule has 2 unspecified atom stereocenters. The Morgan fingerprint density at radius 3 is 2.56 bits per heavy atom. The summed E-state index contributed by atoms with van der Waals surface area (Å²) in [5.41, 5.74) is 1.05. The van der Waals surface area contributed by atoms with Crippen molar-refractivity contribution >= 4 is 11.6 Å². The summed E-state index contributed by atoms with van der Waals surface area (Å²) in [6.07, 6.45) is 0. The molecule has 1 saturated heterocycles.